The predicted octanol–water partition coefficient (Wildman–Crippen LogP) is 4.52. The highest BCUT2D eigenvalue weighted by Crippen LogP contribution is 2.33. The maximum Gasteiger partial charge on any atom is 0.259 e. The number of ether oxygens (including phenoxy) is 1. The van der Waals surface area contributed by atoms with Crippen LogP contribution in [0.1, 0.15) is 46.3 Å². The Morgan fingerprint density at radius 3 is 2.76 bits per heavy atom. The fourth-order valence-electron chi connectivity index (χ4n) is 3.71. The van der Waals surface area contributed by atoms with Crippen molar-refractivity contribution >= 4 is 27.9 Å². The Hall–Kier alpha value is -4.10. The number of rotatable bonds is 6. The molecule has 2 N–H and O–H groups in total. The summed E-state index contributed by atoms with van der Waals surface area (Å²) in [5, 5.41) is 14.8. The molecule has 1 amide bonds. The van der Waals surface area contributed by atoms with Crippen molar-refractivity contribution in [2.75, 3.05) is 12.4 Å². The number of hydrogen-bond acceptors (Lipinski definition) is 8. The van der Waals surface area contributed by atoms with Crippen molar-refractivity contribution in [1.29, 1.82) is 0 Å². The van der Waals surface area contributed by atoms with Crippen molar-refractivity contribution in [3.05, 3.63) is 70.3 Å². The Bertz CT molecular complexity index is 1450. The van der Waals surface area contributed by atoms with Crippen LogP contribution in [0.4, 0.5) is 9.52 Å². The average molecular weight is 517 g/mol. The molecular formula is C27H25FN6O2S. The summed E-state index contributed by atoms with van der Waals surface area (Å²) in [6.45, 7) is 3.42. The van der Waals surface area contributed by atoms with E-state index in [4.69, 9.17) is 4.74 Å². The SMILES string of the molecule is COC1=CNC(C(C)F)C=C1c1cc(-c2ccc(C)cn2)ncc1C(=O)Nc1nnc(C#CC2CC2)s1. The van der Waals surface area contributed by atoms with E-state index in [-0.39, 0.29) is 5.56 Å². The zero-order chi connectivity index (χ0) is 25.9. The van der Waals surface area contributed by atoms with Crippen LogP contribution in [-0.4, -0.2) is 45.4 Å². The van der Waals surface area contributed by atoms with Gasteiger partial charge in [-0.25, -0.2) is 4.39 Å². The van der Waals surface area contributed by atoms with Crippen molar-refractivity contribution < 1.29 is 13.9 Å². The topological polar surface area (TPSA) is 102 Å². The molecule has 3 aromatic rings. The van der Waals surface area contributed by atoms with Gasteiger partial charge in [0.15, 0.2) is 5.01 Å². The largest absolute Gasteiger partial charge is 0.495 e. The molecule has 188 valence electrons. The lowest BCUT2D eigenvalue weighted by Gasteiger charge is -2.25. The van der Waals surface area contributed by atoms with E-state index in [1.165, 1.54) is 31.6 Å². The number of pyridine rings is 2. The van der Waals surface area contributed by atoms with E-state index >= 15 is 0 Å². The molecule has 2 atom stereocenters. The van der Waals surface area contributed by atoms with E-state index in [0.717, 1.165) is 18.4 Å². The number of allylic oxidation sites excluding steroid dienone is 1. The quantitative estimate of drug-likeness (QED) is 0.465. The second-order valence-corrected chi connectivity index (χ2v) is 9.89. The molecule has 1 fully saturated rings. The number of anilines is 1. The van der Waals surface area contributed by atoms with Gasteiger partial charge in [0.05, 0.1) is 30.1 Å². The van der Waals surface area contributed by atoms with E-state index in [1.54, 1.807) is 24.5 Å². The fourth-order valence-corrected chi connectivity index (χ4v) is 4.31. The summed E-state index contributed by atoms with van der Waals surface area (Å²) in [6, 6.07) is 4.98. The molecular weight excluding hydrogens is 491 g/mol. The van der Waals surface area contributed by atoms with Gasteiger partial charge in [0.25, 0.3) is 5.91 Å². The lowest BCUT2D eigenvalue weighted by molar-refractivity contribution is 0.102. The molecule has 2 unspecified atom stereocenters. The van der Waals surface area contributed by atoms with Crippen LogP contribution in [0.3, 0.4) is 0 Å². The number of carbonyl (C=O) groups is 1. The molecule has 1 saturated carbocycles. The number of nitrogens with one attached hydrogen (secondary N) is 2. The lowest BCUT2D eigenvalue weighted by atomic mass is 9.93. The van der Waals surface area contributed by atoms with Crippen molar-refractivity contribution in [2.24, 2.45) is 5.92 Å². The fraction of sp³-hybridized carbons (Fsp3) is 0.296. The summed E-state index contributed by atoms with van der Waals surface area (Å²) in [6.07, 6.45) is 7.63. The second kappa shape index (κ2) is 10.5. The van der Waals surface area contributed by atoms with E-state index in [2.05, 4.69) is 42.6 Å². The molecule has 1 aliphatic heterocycles. The summed E-state index contributed by atoms with van der Waals surface area (Å²) in [7, 11) is 1.52. The number of amides is 1. The van der Waals surface area contributed by atoms with Gasteiger partial charge < -0.3 is 10.1 Å². The lowest BCUT2D eigenvalue weighted by Crippen LogP contribution is -2.34. The smallest absolute Gasteiger partial charge is 0.259 e. The number of aromatic nitrogens is 4. The number of halogens is 1. The molecule has 2 aliphatic rings. The summed E-state index contributed by atoms with van der Waals surface area (Å²) < 4.78 is 19.8. The number of methoxy groups -OCH3 is 1. The summed E-state index contributed by atoms with van der Waals surface area (Å²) in [5.41, 5.74) is 3.62. The molecule has 0 spiro atoms. The minimum absolute atomic E-state index is 0.276. The van der Waals surface area contributed by atoms with Gasteiger partial charge in [0.2, 0.25) is 5.13 Å². The third kappa shape index (κ3) is 5.67. The van der Waals surface area contributed by atoms with Gasteiger partial charge in [-0.2, -0.15) is 0 Å². The van der Waals surface area contributed by atoms with Crippen molar-refractivity contribution in [1.82, 2.24) is 25.5 Å². The third-order valence-corrected chi connectivity index (χ3v) is 6.71. The van der Waals surface area contributed by atoms with Crippen LogP contribution in [0.2, 0.25) is 0 Å². The van der Waals surface area contributed by atoms with Gasteiger partial charge in [-0.3, -0.25) is 20.1 Å². The van der Waals surface area contributed by atoms with Crippen molar-refractivity contribution in [3.8, 4) is 23.2 Å². The molecule has 1 aliphatic carbocycles. The molecule has 0 saturated heterocycles. The van der Waals surface area contributed by atoms with Crippen LogP contribution >= 0.6 is 11.3 Å². The highest BCUT2D eigenvalue weighted by atomic mass is 32.1. The third-order valence-electron chi connectivity index (χ3n) is 5.95. The van der Waals surface area contributed by atoms with Gasteiger partial charge in [-0.15, -0.1) is 10.2 Å². The first-order valence-electron chi connectivity index (χ1n) is 11.9. The molecule has 0 bridgehead atoms. The maximum absolute atomic E-state index is 14.3. The molecule has 4 heterocycles. The molecule has 3 aromatic heterocycles. The number of dihydropyridines is 1. The molecule has 37 heavy (non-hydrogen) atoms. The highest BCUT2D eigenvalue weighted by molar-refractivity contribution is 7.15. The van der Waals surface area contributed by atoms with E-state index < -0.39 is 18.1 Å². The second-order valence-electron chi connectivity index (χ2n) is 8.91. The Balaban J connectivity index is 1.53. The Morgan fingerprint density at radius 1 is 1.24 bits per heavy atom. The maximum atomic E-state index is 14.3. The van der Waals surface area contributed by atoms with Crippen LogP contribution < -0.4 is 10.6 Å². The van der Waals surface area contributed by atoms with E-state index in [0.29, 0.717) is 44.3 Å². The first kappa shape index (κ1) is 24.6. The molecule has 10 heteroatoms. The minimum atomic E-state index is -1.17. The number of nitrogens with zero attached hydrogens (tertiary/aromatic N) is 4. The van der Waals surface area contributed by atoms with E-state index in [9.17, 15) is 9.18 Å². The van der Waals surface area contributed by atoms with Crippen molar-refractivity contribution in [2.45, 2.75) is 38.9 Å². The number of hydrogen-bond donors (Lipinski definition) is 2. The zero-order valence-corrected chi connectivity index (χ0v) is 21.4. The standard InChI is InChI=1S/C27H25FN6O2S/c1-15-4-8-21(29-12-15)23-10-18(19-11-22(16(2)28)31-14-24(19)36-3)20(13-30-23)26(35)32-27-34-33-25(37-27)9-7-17-5-6-17/h4,8,10-14,16-17,22,31H,5-6H2,1-3H3,(H,32,34,35). The van der Waals surface area contributed by atoms with Gasteiger partial charge in [0.1, 0.15) is 11.9 Å². The van der Waals surface area contributed by atoms with E-state index in [1.807, 2.05) is 19.1 Å². The van der Waals surface area contributed by atoms with Gasteiger partial charge in [-0.05, 0) is 56.4 Å². The predicted molar refractivity (Wildman–Crippen MR) is 140 cm³/mol. The molecule has 0 aromatic carbocycles. The monoisotopic (exact) mass is 516 g/mol. The number of carbonyl (C=O) groups excluding carboxylic acids is 1. The van der Waals surface area contributed by atoms with Gasteiger partial charge in [-0.1, -0.05) is 23.3 Å². The summed E-state index contributed by atoms with van der Waals surface area (Å²) in [4.78, 5) is 22.4. The van der Waals surface area contributed by atoms with Crippen LogP contribution in [-0.2, 0) is 4.74 Å². The van der Waals surface area contributed by atoms with Crippen LogP contribution in [0.15, 0.2) is 48.6 Å². The van der Waals surface area contributed by atoms with Gasteiger partial charge >= 0.3 is 0 Å². The first-order valence-corrected chi connectivity index (χ1v) is 12.7. The van der Waals surface area contributed by atoms with Gasteiger partial charge in [0, 0.05) is 35.6 Å². The summed E-state index contributed by atoms with van der Waals surface area (Å²) in [5.74, 6) is 6.63. The minimum Gasteiger partial charge on any atom is -0.495 e. The Morgan fingerprint density at radius 2 is 2.05 bits per heavy atom. The first-order chi connectivity index (χ1) is 17.9. The Kier molecular flexibility index (Phi) is 6.97. The molecule has 5 rings (SSSR count). The zero-order valence-electron chi connectivity index (χ0n) is 20.6. The number of alkyl halides is 1. The molecule has 0 radical (unpaired) electrons. The normalized spacial score (nSPS) is 17.5. The van der Waals surface area contributed by atoms with Crippen molar-refractivity contribution in [3.63, 3.8) is 0 Å². The highest BCUT2D eigenvalue weighted by Gasteiger charge is 2.26. The average Bonchev–Trinajstić information content (AvgIpc) is 3.64. The van der Waals surface area contributed by atoms with Crippen LogP contribution in [0, 0.1) is 24.7 Å². The Labute approximate surface area is 218 Å². The van der Waals surface area contributed by atoms with Crippen LogP contribution in [0.5, 0.6) is 0 Å². The number of aryl methyl sites for hydroxylation is 1. The van der Waals surface area contributed by atoms with Crippen LogP contribution in [0.25, 0.3) is 17.0 Å². The molecule has 8 nitrogen and oxygen atoms in total. The summed E-state index contributed by atoms with van der Waals surface area (Å²) >= 11 is 1.21.